The maximum absolute atomic E-state index is 11.8. The molecule has 0 aliphatic carbocycles. The van der Waals surface area contributed by atoms with Gasteiger partial charge in [-0.3, -0.25) is 0 Å². The third-order valence-corrected chi connectivity index (χ3v) is 1.80. The van der Waals surface area contributed by atoms with Gasteiger partial charge in [0.1, 0.15) is 0 Å². The molecule has 0 aromatic heterocycles. The Morgan fingerprint density at radius 2 is 2.00 bits per heavy atom. The Balaban J connectivity index is 2.24. The van der Waals surface area contributed by atoms with E-state index in [0.29, 0.717) is 13.0 Å². The van der Waals surface area contributed by atoms with E-state index < -0.39 is 19.4 Å². The molecule has 0 spiro atoms. The molecule has 0 bridgehead atoms. The molecule has 1 aliphatic heterocycles. The van der Waals surface area contributed by atoms with Gasteiger partial charge in [0.15, 0.2) is 0 Å². The molecule has 11 heavy (non-hydrogen) atoms. The van der Waals surface area contributed by atoms with Crippen LogP contribution in [0.2, 0.25) is 6.32 Å². The van der Waals surface area contributed by atoms with E-state index in [1.807, 2.05) is 0 Å². The maximum atomic E-state index is 11.8. The van der Waals surface area contributed by atoms with Crippen molar-refractivity contribution < 1.29 is 17.7 Å². The second kappa shape index (κ2) is 3.47. The minimum Gasteiger partial charge on any atom is -0.449 e. The van der Waals surface area contributed by atoms with E-state index in [4.69, 9.17) is 4.74 Å². The number of hydrogen-bond donors (Lipinski definition) is 0. The van der Waals surface area contributed by atoms with Crippen molar-refractivity contribution >= 4 is 6.98 Å². The monoisotopic (exact) mass is 167 g/mol. The molecule has 0 N–H and O–H groups in total. The average Bonchev–Trinajstić information content (AvgIpc) is 1.85. The SMILES string of the molecule is F[B-](F)(F)CC1CCCCO1. The lowest BCUT2D eigenvalue weighted by Gasteiger charge is -2.26. The van der Waals surface area contributed by atoms with Gasteiger partial charge in [-0.15, -0.1) is 0 Å². The summed E-state index contributed by atoms with van der Waals surface area (Å²) in [5.41, 5.74) is 0. The Morgan fingerprint density at radius 3 is 2.45 bits per heavy atom. The Bertz CT molecular complexity index is 119. The molecule has 66 valence electrons. The van der Waals surface area contributed by atoms with E-state index in [0.717, 1.165) is 12.8 Å². The van der Waals surface area contributed by atoms with Crippen LogP contribution in [-0.2, 0) is 4.74 Å². The highest BCUT2D eigenvalue weighted by Crippen LogP contribution is 2.24. The molecule has 1 fully saturated rings. The molecule has 1 aliphatic rings. The molecular weight excluding hydrogens is 156 g/mol. The second-order valence-electron chi connectivity index (χ2n) is 2.93. The van der Waals surface area contributed by atoms with Crippen molar-refractivity contribution in [2.24, 2.45) is 0 Å². The van der Waals surface area contributed by atoms with Crippen molar-refractivity contribution in [2.75, 3.05) is 6.61 Å². The first-order chi connectivity index (χ1) is 5.08. The lowest BCUT2D eigenvalue weighted by atomic mass is 9.81. The lowest BCUT2D eigenvalue weighted by molar-refractivity contribution is 0.0240. The van der Waals surface area contributed by atoms with E-state index in [-0.39, 0.29) is 0 Å². The van der Waals surface area contributed by atoms with E-state index >= 15 is 0 Å². The van der Waals surface area contributed by atoms with Crippen molar-refractivity contribution in [3.8, 4) is 0 Å². The van der Waals surface area contributed by atoms with Crippen LogP contribution in [0, 0.1) is 0 Å². The van der Waals surface area contributed by atoms with Crippen molar-refractivity contribution in [1.82, 2.24) is 0 Å². The van der Waals surface area contributed by atoms with Gasteiger partial charge in [-0.05, 0) is 19.3 Å². The zero-order valence-corrected chi connectivity index (χ0v) is 6.23. The molecular formula is C6H11BF3O-. The number of rotatable bonds is 2. The van der Waals surface area contributed by atoms with Gasteiger partial charge in [-0.1, -0.05) is 6.32 Å². The van der Waals surface area contributed by atoms with Crippen molar-refractivity contribution in [3.05, 3.63) is 0 Å². The lowest BCUT2D eigenvalue weighted by Crippen LogP contribution is -2.28. The first kappa shape index (κ1) is 8.91. The molecule has 5 heteroatoms. The summed E-state index contributed by atoms with van der Waals surface area (Å²) in [7, 11) is 0. The van der Waals surface area contributed by atoms with Gasteiger partial charge in [0.05, 0.1) is 0 Å². The Labute approximate surface area is 64.0 Å². The predicted octanol–water partition coefficient (Wildman–Crippen LogP) is 2.40. The van der Waals surface area contributed by atoms with Gasteiger partial charge in [-0.2, -0.15) is 0 Å². The highest BCUT2D eigenvalue weighted by molar-refractivity contribution is 6.58. The van der Waals surface area contributed by atoms with Crippen LogP contribution in [0.5, 0.6) is 0 Å². The van der Waals surface area contributed by atoms with Crippen LogP contribution in [0.15, 0.2) is 0 Å². The Hall–Kier alpha value is -0.185. The molecule has 1 atom stereocenters. The molecule has 1 saturated heterocycles. The van der Waals surface area contributed by atoms with Crippen LogP contribution in [0.3, 0.4) is 0 Å². The van der Waals surface area contributed by atoms with Crippen molar-refractivity contribution in [2.45, 2.75) is 31.7 Å². The normalized spacial score (nSPS) is 27.0. The van der Waals surface area contributed by atoms with Gasteiger partial charge < -0.3 is 17.7 Å². The van der Waals surface area contributed by atoms with Crippen molar-refractivity contribution in [1.29, 1.82) is 0 Å². The Morgan fingerprint density at radius 1 is 1.27 bits per heavy atom. The second-order valence-corrected chi connectivity index (χ2v) is 2.93. The zero-order valence-electron chi connectivity index (χ0n) is 6.23. The fraction of sp³-hybridized carbons (Fsp3) is 1.00. The summed E-state index contributed by atoms with van der Waals surface area (Å²) in [4.78, 5) is 0. The summed E-state index contributed by atoms with van der Waals surface area (Å²) in [6, 6.07) is 0. The van der Waals surface area contributed by atoms with Crippen LogP contribution in [-0.4, -0.2) is 19.7 Å². The van der Waals surface area contributed by atoms with E-state index in [9.17, 15) is 12.9 Å². The third-order valence-electron chi connectivity index (χ3n) is 1.80. The molecule has 0 aromatic rings. The molecule has 1 unspecified atom stereocenters. The highest BCUT2D eigenvalue weighted by Gasteiger charge is 2.28. The minimum atomic E-state index is -4.65. The summed E-state index contributed by atoms with van der Waals surface area (Å²) >= 11 is 0. The van der Waals surface area contributed by atoms with Crippen LogP contribution in [0.25, 0.3) is 0 Å². The summed E-state index contributed by atoms with van der Waals surface area (Å²) in [5.74, 6) is 0. The Kier molecular flexibility index (Phi) is 2.81. The van der Waals surface area contributed by atoms with Crippen molar-refractivity contribution in [3.63, 3.8) is 0 Å². The molecule has 0 saturated carbocycles. The first-order valence-electron chi connectivity index (χ1n) is 3.90. The number of hydrogen-bond acceptors (Lipinski definition) is 1. The topological polar surface area (TPSA) is 9.23 Å². The molecule has 0 radical (unpaired) electrons. The minimum absolute atomic E-state index is 0.497. The molecule has 1 rings (SSSR count). The van der Waals surface area contributed by atoms with Gasteiger partial charge in [0.2, 0.25) is 0 Å². The fourth-order valence-corrected chi connectivity index (χ4v) is 1.29. The fourth-order valence-electron chi connectivity index (χ4n) is 1.29. The van der Waals surface area contributed by atoms with E-state index in [1.165, 1.54) is 0 Å². The number of ether oxygens (including phenoxy) is 1. The smallest absolute Gasteiger partial charge is 0.449 e. The number of halogens is 3. The van der Waals surface area contributed by atoms with Gasteiger partial charge in [0, 0.05) is 12.7 Å². The molecule has 0 amide bonds. The predicted molar refractivity (Wildman–Crippen MR) is 37.5 cm³/mol. The first-order valence-corrected chi connectivity index (χ1v) is 3.90. The quantitative estimate of drug-likeness (QED) is 0.573. The molecule has 1 heterocycles. The summed E-state index contributed by atoms with van der Waals surface area (Å²) in [6.07, 6.45) is 1.07. The van der Waals surface area contributed by atoms with Crippen LogP contribution in [0.4, 0.5) is 12.9 Å². The van der Waals surface area contributed by atoms with E-state index in [1.54, 1.807) is 0 Å². The van der Waals surface area contributed by atoms with Crippen LogP contribution < -0.4 is 0 Å². The zero-order chi connectivity index (χ0) is 8.32. The standard InChI is InChI=1S/C6H11BF3O/c8-7(9,10)5-6-3-1-2-4-11-6/h6H,1-5H2/q-1. The van der Waals surface area contributed by atoms with E-state index in [2.05, 4.69) is 0 Å². The van der Waals surface area contributed by atoms with Gasteiger partial charge in [-0.25, -0.2) is 0 Å². The van der Waals surface area contributed by atoms with Gasteiger partial charge in [0.25, 0.3) is 0 Å². The summed E-state index contributed by atoms with van der Waals surface area (Å²) < 4.78 is 40.4. The van der Waals surface area contributed by atoms with Crippen LogP contribution in [0.1, 0.15) is 19.3 Å². The maximum Gasteiger partial charge on any atom is 0.480 e. The van der Waals surface area contributed by atoms with Crippen LogP contribution >= 0.6 is 0 Å². The third kappa shape index (κ3) is 3.65. The summed E-state index contributed by atoms with van der Waals surface area (Å²) in [5, 5.41) is 0. The average molecular weight is 167 g/mol. The molecule has 1 nitrogen and oxygen atoms in total. The summed E-state index contributed by atoms with van der Waals surface area (Å²) in [6.45, 7) is -4.16. The highest BCUT2D eigenvalue weighted by atomic mass is 19.4. The largest absolute Gasteiger partial charge is 0.480 e. The van der Waals surface area contributed by atoms with Gasteiger partial charge >= 0.3 is 6.98 Å². The molecule has 0 aromatic carbocycles.